The molecule has 0 radical (unpaired) electrons. The summed E-state index contributed by atoms with van der Waals surface area (Å²) in [5.74, 6) is 0.833. The van der Waals surface area contributed by atoms with Gasteiger partial charge in [-0.25, -0.2) is 4.98 Å². The number of hydrogen-bond acceptors (Lipinski definition) is 3. The number of benzene rings is 1. The van der Waals surface area contributed by atoms with Gasteiger partial charge in [0.2, 0.25) is 0 Å². The lowest BCUT2D eigenvalue weighted by molar-refractivity contribution is 0.277. The van der Waals surface area contributed by atoms with E-state index in [2.05, 4.69) is 28.9 Å². The fraction of sp³-hybridized carbons (Fsp3) is 0.267. The van der Waals surface area contributed by atoms with Gasteiger partial charge in [0, 0.05) is 13.1 Å². The summed E-state index contributed by atoms with van der Waals surface area (Å²) < 4.78 is 0. The van der Waals surface area contributed by atoms with Crippen molar-refractivity contribution in [3.05, 3.63) is 58.7 Å². The van der Waals surface area contributed by atoms with E-state index in [0.29, 0.717) is 10.7 Å². The maximum absolute atomic E-state index is 9.22. The third-order valence-corrected chi connectivity index (χ3v) is 3.32. The van der Waals surface area contributed by atoms with Crippen LogP contribution in [0, 0.1) is 0 Å². The van der Waals surface area contributed by atoms with Gasteiger partial charge in [-0.05, 0) is 24.6 Å². The fourth-order valence-electron chi connectivity index (χ4n) is 1.92. The van der Waals surface area contributed by atoms with E-state index < -0.39 is 0 Å². The molecule has 2 aromatic rings. The predicted molar refractivity (Wildman–Crippen MR) is 78.3 cm³/mol. The molecule has 0 aliphatic rings. The molecular formula is C15H17ClN2O. The van der Waals surface area contributed by atoms with Gasteiger partial charge >= 0.3 is 0 Å². The summed E-state index contributed by atoms with van der Waals surface area (Å²) in [4.78, 5) is 6.55. The molecule has 0 atom stereocenters. The molecule has 2 rings (SSSR count). The minimum absolute atomic E-state index is 0.143. The lowest BCUT2D eigenvalue weighted by Crippen LogP contribution is -2.23. The normalized spacial score (nSPS) is 10.5. The molecule has 0 unspecified atom stereocenters. The third-order valence-electron chi connectivity index (χ3n) is 2.98. The van der Waals surface area contributed by atoms with Crippen molar-refractivity contribution in [1.29, 1.82) is 0 Å². The zero-order valence-electron chi connectivity index (χ0n) is 10.9. The number of anilines is 1. The molecule has 3 nitrogen and oxygen atoms in total. The Morgan fingerprint density at radius 1 is 1.16 bits per heavy atom. The number of hydrogen-bond donors (Lipinski definition) is 1. The highest BCUT2D eigenvalue weighted by Crippen LogP contribution is 2.20. The van der Waals surface area contributed by atoms with E-state index in [1.165, 1.54) is 5.56 Å². The van der Waals surface area contributed by atoms with E-state index in [4.69, 9.17) is 11.6 Å². The van der Waals surface area contributed by atoms with E-state index in [1.54, 1.807) is 6.07 Å². The Labute approximate surface area is 118 Å². The van der Waals surface area contributed by atoms with Crippen LogP contribution in [-0.4, -0.2) is 16.6 Å². The van der Waals surface area contributed by atoms with Crippen molar-refractivity contribution in [1.82, 2.24) is 4.98 Å². The summed E-state index contributed by atoms with van der Waals surface area (Å²) in [6.45, 7) is 3.57. The Morgan fingerprint density at radius 3 is 2.53 bits per heavy atom. The molecule has 0 fully saturated rings. The van der Waals surface area contributed by atoms with E-state index in [-0.39, 0.29) is 6.61 Å². The van der Waals surface area contributed by atoms with Crippen molar-refractivity contribution in [3.8, 4) is 0 Å². The molecule has 0 amide bonds. The van der Waals surface area contributed by atoms with E-state index in [0.717, 1.165) is 18.9 Å². The Hall–Kier alpha value is -1.58. The van der Waals surface area contributed by atoms with Crippen LogP contribution < -0.4 is 4.90 Å². The molecule has 1 N–H and O–H groups in total. The molecule has 100 valence electrons. The maximum Gasteiger partial charge on any atom is 0.129 e. The van der Waals surface area contributed by atoms with E-state index >= 15 is 0 Å². The van der Waals surface area contributed by atoms with Gasteiger partial charge < -0.3 is 10.0 Å². The van der Waals surface area contributed by atoms with Crippen LogP contribution in [0.1, 0.15) is 18.2 Å². The van der Waals surface area contributed by atoms with E-state index in [1.807, 2.05) is 24.3 Å². The highest BCUT2D eigenvalue weighted by molar-refractivity contribution is 6.31. The van der Waals surface area contributed by atoms with Gasteiger partial charge in [-0.15, -0.1) is 0 Å². The molecule has 0 bridgehead atoms. The molecule has 0 saturated carbocycles. The monoisotopic (exact) mass is 276 g/mol. The average molecular weight is 277 g/mol. The second-order valence-electron chi connectivity index (χ2n) is 4.26. The van der Waals surface area contributed by atoms with Crippen LogP contribution in [0.5, 0.6) is 0 Å². The highest BCUT2D eigenvalue weighted by atomic mass is 35.5. The Balaban J connectivity index is 2.22. The first-order chi connectivity index (χ1) is 9.24. The first kappa shape index (κ1) is 13.8. The van der Waals surface area contributed by atoms with Gasteiger partial charge in [-0.1, -0.05) is 41.9 Å². The minimum atomic E-state index is -0.143. The topological polar surface area (TPSA) is 36.4 Å². The molecule has 0 saturated heterocycles. The molecule has 1 aromatic heterocycles. The molecule has 0 spiro atoms. The first-order valence-corrected chi connectivity index (χ1v) is 6.67. The molecule has 19 heavy (non-hydrogen) atoms. The SMILES string of the molecule is CCN(Cc1ccccc1)c1ccc(Cl)c(CO)n1. The van der Waals surface area contributed by atoms with Crippen molar-refractivity contribution in [2.24, 2.45) is 0 Å². The average Bonchev–Trinajstić information content (AvgIpc) is 2.46. The lowest BCUT2D eigenvalue weighted by Gasteiger charge is -2.22. The number of aliphatic hydroxyl groups is 1. The van der Waals surface area contributed by atoms with Crippen molar-refractivity contribution < 1.29 is 5.11 Å². The summed E-state index contributed by atoms with van der Waals surface area (Å²) >= 11 is 5.96. The van der Waals surface area contributed by atoms with Crippen LogP contribution in [0.15, 0.2) is 42.5 Å². The van der Waals surface area contributed by atoms with Crippen molar-refractivity contribution in [2.75, 3.05) is 11.4 Å². The van der Waals surface area contributed by atoms with Crippen molar-refractivity contribution in [3.63, 3.8) is 0 Å². The van der Waals surface area contributed by atoms with Crippen LogP contribution in [0.3, 0.4) is 0 Å². The second-order valence-corrected chi connectivity index (χ2v) is 4.66. The first-order valence-electron chi connectivity index (χ1n) is 6.29. The van der Waals surface area contributed by atoms with Crippen LogP contribution in [-0.2, 0) is 13.2 Å². The van der Waals surface area contributed by atoms with Crippen LogP contribution in [0.2, 0.25) is 5.02 Å². The van der Waals surface area contributed by atoms with Crippen LogP contribution in [0.4, 0.5) is 5.82 Å². The Bertz CT molecular complexity index is 531. The molecule has 1 aromatic carbocycles. The smallest absolute Gasteiger partial charge is 0.129 e. The third kappa shape index (κ3) is 3.46. The Kier molecular flexibility index (Phi) is 4.77. The quantitative estimate of drug-likeness (QED) is 0.911. The summed E-state index contributed by atoms with van der Waals surface area (Å²) in [6.07, 6.45) is 0. The standard InChI is InChI=1S/C15H17ClN2O/c1-2-18(10-12-6-4-3-5-7-12)15-9-8-13(16)14(11-19)17-15/h3-9,19H,2,10-11H2,1H3. The van der Waals surface area contributed by atoms with Crippen LogP contribution >= 0.6 is 11.6 Å². The van der Waals surface area contributed by atoms with Gasteiger partial charge in [-0.2, -0.15) is 0 Å². The fourth-order valence-corrected chi connectivity index (χ4v) is 2.08. The zero-order chi connectivity index (χ0) is 13.7. The second kappa shape index (κ2) is 6.55. The summed E-state index contributed by atoms with van der Waals surface area (Å²) in [6, 6.07) is 13.9. The number of pyridine rings is 1. The summed E-state index contributed by atoms with van der Waals surface area (Å²) in [5, 5.41) is 9.72. The largest absolute Gasteiger partial charge is 0.390 e. The van der Waals surface area contributed by atoms with Gasteiger partial charge in [-0.3, -0.25) is 0 Å². The minimum Gasteiger partial charge on any atom is -0.390 e. The summed E-state index contributed by atoms with van der Waals surface area (Å²) in [5.41, 5.74) is 1.75. The predicted octanol–water partition coefficient (Wildman–Crippen LogP) is 3.25. The molecule has 0 aliphatic carbocycles. The zero-order valence-corrected chi connectivity index (χ0v) is 11.6. The lowest BCUT2D eigenvalue weighted by atomic mass is 10.2. The van der Waals surface area contributed by atoms with Crippen molar-refractivity contribution >= 4 is 17.4 Å². The van der Waals surface area contributed by atoms with Gasteiger partial charge in [0.25, 0.3) is 0 Å². The summed E-state index contributed by atoms with van der Waals surface area (Å²) in [7, 11) is 0. The van der Waals surface area contributed by atoms with Crippen LogP contribution in [0.25, 0.3) is 0 Å². The van der Waals surface area contributed by atoms with Gasteiger partial charge in [0.1, 0.15) is 5.82 Å². The van der Waals surface area contributed by atoms with Crippen molar-refractivity contribution in [2.45, 2.75) is 20.1 Å². The highest BCUT2D eigenvalue weighted by Gasteiger charge is 2.09. The van der Waals surface area contributed by atoms with E-state index in [9.17, 15) is 5.11 Å². The number of rotatable bonds is 5. The number of aromatic nitrogens is 1. The van der Waals surface area contributed by atoms with Gasteiger partial charge in [0.05, 0.1) is 17.3 Å². The Morgan fingerprint density at radius 2 is 1.89 bits per heavy atom. The molecule has 1 heterocycles. The number of halogens is 1. The molecule has 0 aliphatic heterocycles. The number of aliphatic hydroxyl groups excluding tert-OH is 1. The molecule has 4 heteroatoms. The molecular weight excluding hydrogens is 260 g/mol. The van der Waals surface area contributed by atoms with Gasteiger partial charge in [0.15, 0.2) is 0 Å². The number of nitrogens with zero attached hydrogens (tertiary/aromatic N) is 2. The maximum atomic E-state index is 9.22.